The fraction of sp³-hybridized carbons (Fsp3) is 0.500. The van der Waals surface area contributed by atoms with Crippen molar-refractivity contribution in [1.29, 1.82) is 0 Å². The molecule has 110 valence electrons. The van der Waals surface area contributed by atoms with E-state index in [1.165, 1.54) is 18.2 Å². The number of likely N-dealkylation sites (N-methyl/N-ethyl adjacent to an activating group) is 2. The van der Waals surface area contributed by atoms with Crippen molar-refractivity contribution in [3.8, 4) is 0 Å². The molecule has 6 heteroatoms. The largest absolute Gasteiger partial charge is 0.396 e. The number of carbonyl (C=O) groups is 1. The molecule has 0 radical (unpaired) electrons. The molecule has 1 saturated heterocycles. The van der Waals surface area contributed by atoms with E-state index in [0.29, 0.717) is 6.54 Å². The molecular weight excluding hydrogens is 259 g/mol. The fourth-order valence-electron chi connectivity index (χ4n) is 2.36. The molecule has 0 bridgehead atoms. The van der Waals surface area contributed by atoms with Gasteiger partial charge >= 0.3 is 0 Å². The van der Waals surface area contributed by atoms with Gasteiger partial charge in [0.25, 0.3) is 5.91 Å². The van der Waals surface area contributed by atoms with Crippen molar-refractivity contribution in [2.45, 2.75) is 6.04 Å². The van der Waals surface area contributed by atoms with Crippen molar-refractivity contribution in [3.05, 3.63) is 29.6 Å². The van der Waals surface area contributed by atoms with Crippen LogP contribution in [-0.4, -0.2) is 62.0 Å². The highest BCUT2D eigenvalue weighted by atomic mass is 19.1. The number of piperazine rings is 1. The number of nitrogens with zero attached hydrogens (tertiary/aromatic N) is 2. The van der Waals surface area contributed by atoms with E-state index >= 15 is 0 Å². The second-order valence-corrected chi connectivity index (χ2v) is 5.31. The number of nitrogen functional groups attached to an aromatic ring is 1. The average Bonchev–Trinajstić information content (AvgIpc) is 2.42. The molecule has 1 aliphatic rings. The Morgan fingerprint density at radius 1 is 1.45 bits per heavy atom. The predicted molar refractivity (Wildman–Crippen MR) is 77.1 cm³/mol. The molecule has 5 nitrogen and oxygen atoms in total. The molecule has 20 heavy (non-hydrogen) atoms. The van der Waals surface area contributed by atoms with Crippen LogP contribution in [0.15, 0.2) is 18.2 Å². The van der Waals surface area contributed by atoms with Crippen LogP contribution < -0.4 is 11.1 Å². The molecule has 1 aliphatic heterocycles. The monoisotopic (exact) mass is 280 g/mol. The van der Waals surface area contributed by atoms with Crippen molar-refractivity contribution in [2.24, 2.45) is 0 Å². The zero-order chi connectivity index (χ0) is 14.7. The number of benzene rings is 1. The first kappa shape index (κ1) is 14.7. The average molecular weight is 280 g/mol. The van der Waals surface area contributed by atoms with E-state index in [1.54, 1.807) is 0 Å². The number of anilines is 1. The third-order valence-electron chi connectivity index (χ3n) is 3.78. The van der Waals surface area contributed by atoms with Gasteiger partial charge in [0.15, 0.2) is 0 Å². The Hall–Kier alpha value is -1.66. The Morgan fingerprint density at radius 2 is 2.20 bits per heavy atom. The molecule has 0 spiro atoms. The summed E-state index contributed by atoms with van der Waals surface area (Å²) in [6, 6.07) is 4.52. The maximum absolute atomic E-state index is 13.3. The number of carbonyl (C=O) groups excluding carboxylic acids is 1. The summed E-state index contributed by atoms with van der Waals surface area (Å²) in [4.78, 5) is 16.5. The third-order valence-corrected chi connectivity index (χ3v) is 3.78. The van der Waals surface area contributed by atoms with E-state index in [0.717, 1.165) is 19.6 Å². The highest BCUT2D eigenvalue weighted by Crippen LogP contribution is 2.15. The number of hydrogen-bond donors (Lipinski definition) is 2. The Morgan fingerprint density at radius 3 is 2.95 bits per heavy atom. The first-order chi connectivity index (χ1) is 9.49. The van der Waals surface area contributed by atoms with E-state index in [1.807, 2.05) is 7.05 Å². The van der Waals surface area contributed by atoms with E-state index in [2.05, 4.69) is 22.2 Å². The quantitative estimate of drug-likeness (QED) is 0.786. The molecule has 1 aromatic rings. The third kappa shape index (κ3) is 3.26. The highest BCUT2D eigenvalue weighted by Gasteiger charge is 2.23. The summed E-state index contributed by atoms with van der Waals surface area (Å²) in [5.41, 5.74) is 5.68. The lowest BCUT2D eigenvalue weighted by atomic mass is 10.1. The summed E-state index contributed by atoms with van der Waals surface area (Å²) >= 11 is 0. The standard InChI is InChI=1S/C14H21FN4O/c1-18-6-7-19(2)10(9-18)8-17-14(20)11-4-3-5-12(15)13(11)16/h3-5,10H,6-9,16H2,1-2H3,(H,17,20). The van der Waals surface area contributed by atoms with Crippen LogP contribution in [0.2, 0.25) is 0 Å². The van der Waals surface area contributed by atoms with Crippen molar-refractivity contribution < 1.29 is 9.18 Å². The first-order valence-corrected chi connectivity index (χ1v) is 6.70. The van der Waals surface area contributed by atoms with Gasteiger partial charge in [-0.1, -0.05) is 6.07 Å². The summed E-state index contributed by atoms with van der Waals surface area (Å²) in [6.07, 6.45) is 0. The summed E-state index contributed by atoms with van der Waals surface area (Å²) < 4.78 is 13.3. The minimum atomic E-state index is -0.563. The summed E-state index contributed by atoms with van der Waals surface area (Å²) in [5.74, 6) is -0.893. The van der Waals surface area contributed by atoms with Gasteiger partial charge in [0.1, 0.15) is 5.82 Å². The number of hydrogen-bond acceptors (Lipinski definition) is 4. The van der Waals surface area contributed by atoms with Crippen LogP contribution in [0.25, 0.3) is 0 Å². The number of nitrogens with two attached hydrogens (primary N) is 1. The zero-order valence-electron chi connectivity index (χ0n) is 11.9. The number of nitrogens with one attached hydrogen (secondary N) is 1. The van der Waals surface area contributed by atoms with Crippen LogP contribution in [0.1, 0.15) is 10.4 Å². The van der Waals surface area contributed by atoms with Gasteiger partial charge in [-0.15, -0.1) is 0 Å². The molecule has 2 rings (SSSR count). The van der Waals surface area contributed by atoms with Gasteiger partial charge < -0.3 is 16.0 Å². The minimum absolute atomic E-state index is 0.0980. The van der Waals surface area contributed by atoms with E-state index < -0.39 is 5.82 Å². The van der Waals surface area contributed by atoms with Crippen molar-refractivity contribution in [3.63, 3.8) is 0 Å². The van der Waals surface area contributed by atoms with Gasteiger partial charge in [0, 0.05) is 32.2 Å². The van der Waals surface area contributed by atoms with E-state index in [4.69, 9.17) is 5.73 Å². The van der Waals surface area contributed by atoms with Crippen LogP contribution in [-0.2, 0) is 0 Å². The molecule has 3 N–H and O–H groups in total. The molecule has 1 heterocycles. The topological polar surface area (TPSA) is 61.6 Å². The number of halogens is 1. The van der Waals surface area contributed by atoms with Crippen molar-refractivity contribution >= 4 is 11.6 Å². The second-order valence-electron chi connectivity index (χ2n) is 5.31. The van der Waals surface area contributed by atoms with Crippen LogP contribution in [0, 0.1) is 5.82 Å². The van der Waals surface area contributed by atoms with Crippen LogP contribution >= 0.6 is 0 Å². The lowest BCUT2D eigenvalue weighted by Crippen LogP contribution is -2.54. The normalized spacial score (nSPS) is 20.9. The van der Waals surface area contributed by atoms with Crippen molar-refractivity contribution in [2.75, 3.05) is 46.0 Å². The molecular formula is C14H21FN4O. The maximum atomic E-state index is 13.3. The van der Waals surface area contributed by atoms with Crippen molar-refractivity contribution in [1.82, 2.24) is 15.1 Å². The molecule has 1 unspecified atom stereocenters. The lowest BCUT2D eigenvalue weighted by molar-refractivity contribution is 0.0881. The Bertz CT molecular complexity index is 494. The summed E-state index contributed by atoms with van der Waals surface area (Å²) in [7, 11) is 4.10. The Kier molecular flexibility index (Phi) is 4.57. The van der Waals surface area contributed by atoms with E-state index in [-0.39, 0.29) is 23.2 Å². The second kappa shape index (κ2) is 6.19. The summed E-state index contributed by atoms with van der Waals surface area (Å²) in [6.45, 7) is 3.42. The van der Waals surface area contributed by atoms with E-state index in [9.17, 15) is 9.18 Å². The molecule has 1 fully saturated rings. The molecule has 1 atom stereocenters. The van der Waals surface area contributed by atoms with Gasteiger partial charge in [0.2, 0.25) is 0 Å². The zero-order valence-corrected chi connectivity index (χ0v) is 11.9. The number of rotatable bonds is 3. The lowest BCUT2D eigenvalue weighted by Gasteiger charge is -2.37. The van der Waals surface area contributed by atoms with Gasteiger partial charge in [-0.25, -0.2) is 4.39 Å². The fourth-order valence-corrected chi connectivity index (χ4v) is 2.36. The molecule has 0 aliphatic carbocycles. The molecule has 1 amide bonds. The highest BCUT2D eigenvalue weighted by molar-refractivity contribution is 5.99. The van der Waals surface area contributed by atoms with Gasteiger partial charge in [-0.3, -0.25) is 9.69 Å². The maximum Gasteiger partial charge on any atom is 0.253 e. The van der Waals surface area contributed by atoms with Gasteiger partial charge in [-0.05, 0) is 26.2 Å². The number of amides is 1. The number of para-hydroxylation sites is 1. The predicted octanol–water partition coefficient (Wildman–Crippen LogP) is 0.384. The smallest absolute Gasteiger partial charge is 0.253 e. The molecule has 0 saturated carbocycles. The Balaban J connectivity index is 1.96. The minimum Gasteiger partial charge on any atom is -0.396 e. The molecule has 1 aromatic carbocycles. The van der Waals surface area contributed by atoms with Crippen LogP contribution in [0.3, 0.4) is 0 Å². The van der Waals surface area contributed by atoms with Crippen LogP contribution in [0.4, 0.5) is 10.1 Å². The summed E-state index contributed by atoms with van der Waals surface area (Å²) in [5, 5.41) is 2.83. The molecule has 0 aromatic heterocycles. The van der Waals surface area contributed by atoms with Gasteiger partial charge in [0.05, 0.1) is 11.3 Å². The Labute approximate surface area is 118 Å². The van der Waals surface area contributed by atoms with Crippen LogP contribution in [0.5, 0.6) is 0 Å². The SMILES string of the molecule is CN1CCN(C)C(CNC(=O)c2cccc(F)c2N)C1. The first-order valence-electron chi connectivity index (χ1n) is 6.70. The van der Waals surface area contributed by atoms with Gasteiger partial charge in [-0.2, -0.15) is 0 Å².